The Morgan fingerprint density at radius 3 is 2.79 bits per heavy atom. The van der Waals surface area contributed by atoms with Crippen molar-refractivity contribution in [3.8, 4) is 0 Å². The van der Waals surface area contributed by atoms with Gasteiger partial charge < -0.3 is 10.2 Å². The van der Waals surface area contributed by atoms with Gasteiger partial charge in [0.15, 0.2) is 5.17 Å². The molecule has 0 radical (unpaired) electrons. The minimum Gasteiger partial charge on any atom is -0.360 e. The first kappa shape index (κ1) is 15.2. The first-order chi connectivity index (χ1) is 9.11. The van der Waals surface area contributed by atoms with Crippen molar-refractivity contribution in [3.63, 3.8) is 0 Å². The zero-order valence-electron chi connectivity index (χ0n) is 12.7. The normalized spacial score (nSPS) is 33.1. The van der Waals surface area contributed by atoms with Gasteiger partial charge in [-0.2, -0.15) is 0 Å². The van der Waals surface area contributed by atoms with Crippen molar-refractivity contribution in [3.05, 3.63) is 0 Å². The van der Waals surface area contributed by atoms with Crippen LogP contribution < -0.4 is 5.32 Å². The molecular weight excluding hydrogens is 254 g/mol. The summed E-state index contributed by atoms with van der Waals surface area (Å²) in [5, 5.41) is 4.81. The van der Waals surface area contributed by atoms with Gasteiger partial charge in [0.05, 0.1) is 6.04 Å². The summed E-state index contributed by atoms with van der Waals surface area (Å²) in [5.74, 6) is 1.20. The average Bonchev–Trinajstić information content (AvgIpc) is 2.40. The molecule has 2 unspecified atom stereocenters. The molecule has 2 heterocycles. The van der Waals surface area contributed by atoms with Gasteiger partial charge >= 0.3 is 0 Å². The zero-order valence-corrected chi connectivity index (χ0v) is 13.6. The quantitative estimate of drug-likeness (QED) is 0.859. The van der Waals surface area contributed by atoms with Crippen molar-refractivity contribution in [2.45, 2.75) is 64.5 Å². The monoisotopic (exact) mass is 283 g/mol. The maximum absolute atomic E-state index is 4.90. The predicted octanol–water partition coefficient (Wildman–Crippen LogP) is 3.11. The van der Waals surface area contributed by atoms with E-state index in [4.69, 9.17) is 4.99 Å². The molecule has 0 bridgehead atoms. The largest absolute Gasteiger partial charge is 0.360 e. The molecule has 0 saturated carbocycles. The molecule has 0 aromatic carbocycles. The molecule has 2 rings (SSSR count). The Kier molecular flexibility index (Phi) is 5.58. The topological polar surface area (TPSA) is 27.6 Å². The summed E-state index contributed by atoms with van der Waals surface area (Å²) in [6.07, 6.45) is 6.56. The fourth-order valence-corrected chi connectivity index (χ4v) is 4.14. The van der Waals surface area contributed by atoms with Gasteiger partial charge in [-0.1, -0.05) is 25.1 Å². The second-order valence-corrected chi connectivity index (χ2v) is 7.37. The molecule has 110 valence electrons. The maximum atomic E-state index is 4.90. The van der Waals surface area contributed by atoms with Crippen LogP contribution >= 0.6 is 11.8 Å². The van der Waals surface area contributed by atoms with Gasteiger partial charge in [0, 0.05) is 17.8 Å². The number of amidine groups is 1. The Bertz CT molecular complexity index is 313. The zero-order chi connectivity index (χ0) is 13.7. The van der Waals surface area contributed by atoms with E-state index in [0.717, 1.165) is 6.54 Å². The second-order valence-electron chi connectivity index (χ2n) is 6.28. The molecular formula is C15H29N3S. The fraction of sp³-hybridized carbons (Fsp3) is 0.933. The Labute approximate surface area is 122 Å². The van der Waals surface area contributed by atoms with Crippen LogP contribution in [0.2, 0.25) is 0 Å². The van der Waals surface area contributed by atoms with Gasteiger partial charge in [-0.3, -0.25) is 4.99 Å². The molecule has 4 heteroatoms. The molecule has 2 atom stereocenters. The minimum atomic E-state index is 0.259. The summed E-state index contributed by atoms with van der Waals surface area (Å²) in [6, 6.07) is 0.410. The summed E-state index contributed by atoms with van der Waals surface area (Å²) >= 11 is 1.89. The van der Waals surface area contributed by atoms with Crippen LogP contribution in [0.15, 0.2) is 4.99 Å². The third-order valence-corrected chi connectivity index (χ3v) is 5.28. The third-order valence-electron chi connectivity index (χ3n) is 4.39. The van der Waals surface area contributed by atoms with Crippen molar-refractivity contribution < 1.29 is 0 Å². The molecule has 2 aliphatic heterocycles. The lowest BCUT2D eigenvalue weighted by Crippen LogP contribution is -2.48. The molecule has 1 N–H and O–H groups in total. The standard InChI is InChI=1S/C15H29N3S/c1-4-15(3)8-11-19-14(17-15)16-13(2)12-18-9-6-5-7-10-18/h13H,4-12H2,1-3H3,(H,16,17). The second kappa shape index (κ2) is 6.98. The molecule has 19 heavy (non-hydrogen) atoms. The highest BCUT2D eigenvalue weighted by molar-refractivity contribution is 8.13. The number of piperidine rings is 1. The predicted molar refractivity (Wildman–Crippen MR) is 86.1 cm³/mol. The van der Waals surface area contributed by atoms with Crippen molar-refractivity contribution in [1.82, 2.24) is 10.2 Å². The number of nitrogens with zero attached hydrogens (tertiary/aromatic N) is 2. The first-order valence-corrected chi connectivity index (χ1v) is 8.81. The van der Waals surface area contributed by atoms with Crippen molar-refractivity contribution in [2.24, 2.45) is 4.99 Å². The third kappa shape index (κ3) is 4.67. The highest BCUT2D eigenvalue weighted by Gasteiger charge is 2.27. The van der Waals surface area contributed by atoms with E-state index in [0.29, 0.717) is 6.04 Å². The summed E-state index contributed by atoms with van der Waals surface area (Å²) in [7, 11) is 0. The molecule has 3 nitrogen and oxygen atoms in total. The van der Waals surface area contributed by atoms with Gasteiger partial charge in [-0.25, -0.2) is 0 Å². The van der Waals surface area contributed by atoms with Crippen molar-refractivity contribution >= 4 is 16.9 Å². The molecule has 0 aromatic heterocycles. The number of aliphatic imine (C=N–C) groups is 1. The van der Waals surface area contributed by atoms with Crippen molar-refractivity contribution in [1.29, 1.82) is 0 Å². The van der Waals surface area contributed by atoms with E-state index in [1.807, 2.05) is 11.8 Å². The van der Waals surface area contributed by atoms with Gasteiger partial charge in [0.1, 0.15) is 0 Å². The SMILES string of the molecule is CCC1(C)CCSC(=NC(C)CN2CCCCC2)N1. The Morgan fingerprint density at radius 1 is 1.37 bits per heavy atom. The molecule has 2 fully saturated rings. The molecule has 2 aliphatic rings. The van der Waals surface area contributed by atoms with Gasteiger partial charge in [-0.05, 0) is 52.6 Å². The summed E-state index contributed by atoms with van der Waals surface area (Å²) < 4.78 is 0. The van der Waals surface area contributed by atoms with Crippen LogP contribution in [0.3, 0.4) is 0 Å². The van der Waals surface area contributed by atoms with E-state index in [-0.39, 0.29) is 5.54 Å². The minimum absolute atomic E-state index is 0.259. The van der Waals surface area contributed by atoms with Crippen LogP contribution in [0, 0.1) is 0 Å². The summed E-state index contributed by atoms with van der Waals surface area (Å²) in [4.78, 5) is 7.47. The lowest BCUT2D eigenvalue weighted by Gasteiger charge is -2.36. The number of nitrogens with one attached hydrogen (secondary N) is 1. The Hall–Kier alpha value is -0.220. The van der Waals surface area contributed by atoms with E-state index < -0.39 is 0 Å². The lowest BCUT2D eigenvalue weighted by atomic mass is 9.96. The number of rotatable bonds is 4. The van der Waals surface area contributed by atoms with E-state index >= 15 is 0 Å². The number of hydrogen-bond acceptors (Lipinski definition) is 3. The summed E-state index contributed by atoms with van der Waals surface area (Å²) in [6.45, 7) is 10.5. The number of hydrogen-bond donors (Lipinski definition) is 1. The average molecular weight is 283 g/mol. The van der Waals surface area contributed by atoms with Crippen LogP contribution in [-0.4, -0.2) is 47.0 Å². The van der Waals surface area contributed by atoms with Crippen LogP contribution in [0.1, 0.15) is 52.9 Å². The highest BCUT2D eigenvalue weighted by atomic mass is 32.2. The van der Waals surface area contributed by atoms with Crippen LogP contribution in [-0.2, 0) is 0 Å². The summed E-state index contributed by atoms with van der Waals surface area (Å²) in [5.41, 5.74) is 0.259. The van der Waals surface area contributed by atoms with Crippen LogP contribution in [0.25, 0.3) is 0 Å². The molecule has 0 amide bonds. The smallest absolute Gasteiger partial charge is 0.157 e. The Morgan fingerprint density at radius 2 is 2.11 bits per heavy atom. The van der Waals surface area contributed by atoms with Gasteiger partial charge in [-0.15, -0.1) is 0 Å². The molecule has 0 aromatic rings. The van der Waals surface area contributed by atoms with Gasteiger partial charge in [0.2, 0.25) is 0 Å². The van der Waals surface area contributed by atoms with E-state index in [2.05, 4.69) is 31.0 Å². The molecule has 0 aliphatic carbocycles. The first-order valence-electron chi connectivity index (χ1n) is 7.82. The van der Waals surface area contributed by atoms with Crippen LogP contribution in [0.5, 0.6) is 0 Å². The van der Waals surface area contributed by atoms with E-state index in [1.165, 1.54) is 56.1 Å². The highest BCUT2D eigenvalue weighted by Crippen LogP contribution is 2.25. The van der Waals surface area contributed by atoms with E-state index in [1.54, 1.807) is 0 Å². The molecule has 2 saturated heterocycles. The van der Waals surface area contributed by atoms with Crippen molar-refractivity contribution in [2.75, 3.05) is 25.4 Å². The number of likely N-dealkylation sites (tertiary alicyclic amines) is 1. The molecule has 0 spiro atoms. The fourth-order valence-electron chi connectivity index (χ4n) is 2.82. The number of thioether (sulfide) groups is 1. The van der Waals surface area contributed by atoms with Gasteiger partial charge in [0.25, 0.3) is 0 Å². The van der Waals surface area contributed by atoms with E-state index in [9.17, 15) is 0 Å². The maximum Gasteiger partial charge on any atom is 0.157 e. The van der Waals surface area contributed by atoms with Crippen LogP contribution in [0.4, 0.5) is 0 Å². The Balaban J connectivity index is 1.85. The lowest BCUT2D eigenvalue weighted by molar-refractivity contribution is 0.220.